The predicted molar refractivity (Wildman–Crippen MR) is 66.2 cm³/mol. The SMILES string of the molecule is C=C(C)CNCc1cc([N+](=O)[O-])ccc1OC. The summed E-state index contributed by atoms with van der Waals surface area (Å²) in [6.45, 7) is 6.87. The van der Waals surface area contributed by atoms with Crippen LogP contribution in [0.3, 0.4) is 0 Å². The van der Waals surface area contributed by atoms with Gasteiger partial charge in [-0.1, -0.05) is 12.2 Å². The smallest absolute Gasteiger partial charge is 0.270 e. The largest absolute Gasteiger partial charge is 0.496 e. The first-order valence-electron chi connectivity index (χ1n) is 5.21. The van der Waals surface area contributed by atoms with E-state index in [0.29, 0.717) is 18.8 Å². The molecule has 0 aliphatic carbocycles. The third-order valence-corrected chi connectivity index (χ3v) is 2.22. The van der Waals surface area contributed by atoms with E-state index in [1.165, 1.54) is 12.1 Å². The molecular weight excluding hydrogens is 220 g/mol. The molecule has 0 radical (unpaired) electrons. The van der Waals surface area contributed by atoms with Gasteiger partial charge in [0.05, 0.1) is 12.0 Å². The van der Waals surface area contributed by atoms with Crippen LogP contribution in [0.4, 0.5) is 5.69 Å². The van der Waals surface area contributed by atoms with Crippen molar-refractivity contribution >= 4 is 5.69 Å². The minimum atomic E-state index is -0.415. The molecule has 0 atom stereocenters. The second-order valence-electron chi connectivity index (χ2n) is 3.81. The van der Waals surface area contributed by atoms with Crippen molar-refractivity contribution in [2.45, 2.75) is 13.5 Å². The standard InChI is InChI=1S/C12H16N2O3/c1-9(2)7-13-8-10-6-11(14(15)16)4-5-12(10)17-3/h4-6,13H,1,7-8H2,2-3H3. The quantitative estimate of drug-likeness (QED) is 0.467. The highest BCUT2D eigenvalue weighted by Crippen LogP contribution is 2.23. The van der Waals surface area contributed by atoms with E-state index >= 15 is 0 Å². The summed E-state index contributed by atoms with van der Waals surface area (Å²) in [5, 5.41) is 13.8. The Hall–Kier alpha value is -1.88. The van der Waals surface area contributed by atoms with Gasteiger partial charge in [0.1, 0.15) is 5.75 Å². The fourth-order valence-electron chi connectivity index (χ4n) is 1.43. The molecule has 0 aromatic heterocycles. The number of hydrogen-bond acceptors (Lipinski definition) is 4. The molecule has 0 saturated heterocycles. The third-order valence-electron chi connectivity index (χ3n) is 2.22. The molecule has 1 aromatic carbocycles. The third kappa shape index (κ3) is 3.88. The van der Waals surface area contributed by atoms with Gasteiger partial charge in [-0.05, 0) is 13.0 Å². The lowest BCUT2D eigenvalue weighted by atomic mass is 10.1. The van der Waals surface area contributed by atoms with Crippen LogP contribution in [-0.2, 0) is 6.54 Å². The minimum Gasteiger partial charge on any atom is -0.496 e. The van der Waals surface area contributed by atoms with Crippen molar-refractivity contribution in [2.75, 3.05) is 13.7 Å². The Morgan fingerprint density at radius 2 is 2.29 bits per heavy atom. The highest BCUT2D eigenvalue weighted by Gasteiger charge is 2.10. The second-order valence-corrected chi connectivity index (χ2v) is 3.81. The highest BCUT2D eigenvalue weighted by molar-refractivity contribution is 5.43. The molecule has 1 N–H and O–H groups in total. The van der Waals surface area contributed by atoms with Crippen molar-refractivity contribution in [1.29, 1.82) is 0 Å². The maximum absolute atomic E-state index is 10.7. The molecule has 1 aromatic rings. The summed E-state index contributed by atoms with van der Waals surface area (Å²) < 4.78 is 5.15. The molecule has 17 heavy (non-hydrogen) atoms. The van der Waals surface area contributed by atoms with Gasteiger partial charge in [0.2, 0.25) is 0 Å². The van der Waals surface area contributed by atoms with Crippen LogP contribution >= 0.6 is 0 Å². The number of nitro benzene ring substituents is 1. The zero-order valence-electron chi connectivity index (χ0n) is 10.0. The predicted octanol–water partition coefficient (Wildman–Crippen LogP) is 2.27. The minimum absolute atomic E-state index is 0.0675. The van der Waals surface area contributed by atoms with Gasteiger partial charge in [0, 0.05) is 30.8 Å². The molecule has 0 saturated carbocycles. The topological polar surface area (TPSA) is 64.4 Å². The van der Waals surface area contributed by atoms with Gasteiger partial charge in [0.25, 0.3) is 5.69 Å². The summed E-state index contributed by atoms with van der Waals surface area (Å²) >= 11 is 0. The van der Waals surface area contributed by atoms with Crippen molar-refractivity contribution in [3.63, 3.8) is 0 Å². The number of rotatable bonds is 6. The molecule has 0 heterocycles. The fourth-order valence-corrected chi connectivity index (χ4v) is 1.43. The Morgan fingerprint density at radius 1 is 1.59 bits per heavy atom. The van der Waals surface area contributed by atoms with Gasteiger partial charge in [-0.2, -0.15) is 0 Å². The van der Waals surface area contributed by atoms with E-state index in [1.54, 1.807) is 13.2 Å². The lowest BCUT2D eigenvalue weighted by molar-refractivity contribution is -0.384. The average molecular weight is 236 g/mol. The zero-order chi connectivity index (χ0) is 12.8. The zero-order valence-corrected chi connectivity index (χ0v) is 10.0. The Balaban J connectivity index is 2.82. The van der Waals surface area contributed by atoms with E-state index in [2.05, 4.69) is 11.9 Å². The highest BCUT2D eigenvalue weighted by atomic mass is 16.6. The van der Waals surface area contributed by atoms with Gasteiger partial charge in [-0.25, -0.2) is 0 Å². The van der Waals surface area contributed by atoms with Crippen molar-refractivity contribution in [2.24, 2.45) is 0 Å². The number of non-ortho nitro benzene ring substituents is 1. The molecule has 5 nitrogen and oxygen atoms in total. The van der Waals surface area contributed by atoms with E-state index in [4.69, 9.17) is 4.74 Å². The van der Waals surface area contributed by atoms with Crippen LogP contribution in [0.1, 0.15) is 12.5 Å². The summed E-state index contributed by atoms with van der Waals surface area (Å²) in [6.07, 6.45) is 0. The Bertz CT molecular complexity index is 430. The molecule has 0 aliphatic heterocycles. The van der Waals surface area contributed by atoms with Crippen molar-refractivity contribution in [3.8, 4) is 5.75 Å². The Kier molecular flexibility index (Phi) is 4.66. The summed E-state index contributed by atoms with van der Waals surface area (Å²) in [5.74, 6) is 0.643. The number of nitrogens with one attached hydrogen (secondary N) is 1. The van der Waals surface area contributed by atoms with Gasteiger partial charge in [0.15, 0.2) is 0 Å². The van der Waals surface area contributed by atoms with E-state index in [1.807, 2.05) is 6.92 Å². The Morgan fingerprint density at radius 3 is 2.82 bits per heavy atom. The fraction of sp³-hybridized carbons (Fsp3) is 0.333. The van der Waals surface area contributed by atoms with Crippen molar-refractivity contribution < 1.29 is 9.66 Å². The molecule has 0 bridgehead atoms. The van der Waals surface area contributed by atoms with Crippen LogP contribution in [0.2, 0.25) is 0 Å². The number of methoxy groups -OCH3 is 1. The van der Waals surface area contributed by atoms with Gasteiger partial charge in [-0.3, -0.25) is 10.1 Å². The average Bonchev–Trinajstić information content (AvgIpc) is 2.28. The maximum atomic E-state index is 10.7. The van der Waals surface area contributed by atoms with E-state index in [9.17, 15) is 10.1 Å². The van der Waals surface area contributed by atoms with Crippen LogP contribution in [0.25, 0.3) is 0 Å². The number of nitrogens with zero attached hydrogens (tertiary/aromatic N) is 1. The van der Waals surface area contributed by atoms with Crippen LogP contribution in [0.5, 0.6) is 5.75 Å². The number of benzene rings is 1. The maximum Gasteiger partial charge on any atom is 0.270 e. The van der Waals surface area contributed by atoms with Gasteiger partial charge < -0.3 is 10.1 Å². The van der Waals surface area contributed by atoms with E-state index in [-0.39, 0.29) is 5.69 Å². The summed E-state index contributed by atoms with van der Waals surface area (Å²) in [7, 11) is 1.55. The van der Waals surface area contributed by atoms with Crippen LogP contribution < -0.4 is 10.1 Å². The molecule has 0 spiro atoms. The second kappa shape index (κ2) is 6.00. The summed E-state index contributed by atoms with van der Waals surface area (Å²) in [6, 6.07) is 4.56. The number of ether oxygens (including phenoxy) is 1. The normalized spacial score (nSPS) is 10.0. The number of nitro groups is 1. The van der Waals surface area contributed by atoms with Gasteiger partial charge in [-0.15, -0.1) is 0 Å². The van der Waals surface area contributed by atoms with Crippen LogP contribution in [0.15, 0.2) is 30.4 Å². The first-order chi connectivity index (χ1) is 8.04. The lowest BCUT2D eigenvalue weighted by Gasteiger charge is -2.09. The molecule has 92 valence electrons. The first kappa shape index (κ1) is 13.2. The monoisotopic (exact) mass is 236 g/mol. The molecule has 5 heteroatoms. The first-order valence-corrected chi connectivity index (χ1v) is 5.21. The van der Waals surface area contributed by atoms with E-state index < -0.39 is 4.92 Å². The summed E-state index contributed by atoms with van der Waals surface area (Å²) in [4.78, 5) is 10.3. The lowest BCUT2D eigenvalue weighted by Crippen LogP contribution is -2.15. The van der Waals surface area contributed by atoms with Crippen molar-refractivity contribution in [3.05, 3.63) is 46.0 Å². The molecule has 0 fully saturated rings. The molecule has 1 rings (SSSR count). The number of hydrogen-bond donors (Lipinski definition) is 1. The molecule has 0 unspecified atom stereocenters. The van der Waals surface area contributed by atoms with Crippen LogP contribution in [0, 0.1) is 10.1 Å². The van der Waals surface area contributed by atoms with Crippen molar-refractivity contribution in [1.82, 2.24) is 5.32 Å². The summed E-state index contributed by atoms with van der Waals surface area (Å²) in [5.41, 5.74) is 1.84. The Labute approximate surface area is 100 Å². The van der Waals surface area contributed by atoms with Gasteiger partial charge >= 0.3 is 0 Å². The molecular formula is C12H16N2O3. The van der Waals surface area contributed by atoms with E-state index in [0.717, 1.165) is 11.1 Å². The molecule has 0 amide bonds. The van der Waals surface area contributed by atoms with Crippen LogP contribution in [-0.4, -0.2) is 18.6 Å². The molecule has 0 aliphatic rings.